The van der Waals surface area contributed by atoms with Gasteiger partial charge in [0.25, 0.3) is 0 Å². The lowest BCUT2D eigenvalue weighted by molar-refractivity contribution is 0.501. The predicted molar refractivity (Wildman–Crippen MR) is 91.6 cm³/mol. The summed E-state index contributed by atoms with van der Waals surface area (Å²) in [5, 5.41) is 5.65. The maximum Gasteiger partial charge on any atom is 0.0618 e. The molecule has 1 fully saturated rings. The Morgan fingerprint density at radius 3 is 2.73 bits per heavy atom. The molecule has 2 aromatic carbocycles. The Kier molecular flexibility index (Phi) is 3.45. The van der Waals surface area contributed by atoms with E-state index >= 15 is 0 Å². The summed E-state index contributed by atoms with van der Waals surface area (Å²) < 4.78 is 0. The SMILES string of the molecule is Cc1c(-c2ccccc2)cccc1N1C=C2CCNCC2N1. The molecule has 0 amide bonds. The molecular formula is C19H21N3. The van der Waals surface area contributed by atoms with Crippen LogP contribution in [0.2, 0.25) is 0 Å². The third-order valence-electron chi connectivity index (χ3n) is 4.63. The highest BCUT2D eigenvalue weighted by molar-refractivity contribution is 5.74. The van der Waals surface area contributed by atoms with Gasteiger partial charge in [0.2, 0.25) is 0 Å². The fourth-order valence-corrected chi connectivity index (χ4v) is 3.39. The van der Waals surface area contributed by atoms with Crippen LogP contribution < -0.4 is 15.8 Å². The van der Waals surface area contributed by atoms with Gasteiger partial charge in [0.1, 0.15) is 0 Å². The van der Waals surface area contributed by atoms with Gasteiger partial charge in [0.15, 0.2) is 0 Å². The van der Waals surface area contributed by atoms with Crippen LogP contribution in [0.15, 0.2) is 60.3 Å². The van der Waals surface area contributed by atoms with E-state index in [9.17, 15) is 0 Å². The lowest BCUT2D eigenvalue weighted by Gasteiger charge is -2.25. The van der Waals surface area contributed by atoms with Gasteiger partial charge in [0, 0.05) is 12.7 Å². The zero-order valence-corrected chi connectivity index (χ0v) is 12.8. The lowest BCUT2D eigenvalue weighted by atomic mass is 9.99. The molecule has 1 saturated heterocycles. The zero-order valence-electron chi connectivity index (χ0n) is 12.8. The molecule has 1 unspecified atom stereocenters. The van der Waals surface area contributed by atoms with Gasteiger partial charge < -0.3 is 5.32 Å². The van der Waals surface area contributed by atoms with Crippen LogP contribution >= 0.6 is 0 Å². The van der Waals surface area contributed by atoms with Crippen molar-refractivity contribution in [3.05, 3.63) is 65.9 Å². The Balaban J connectivity index is 1.70. The van der Waals surface area contributed by atoms with Gasteiger partial charge in [-0.2, -0.15) is 0 Å². The Morgan fingerprint density at radius 1 is 1.05 bits per heavy atom. The Hall–Kier alpha value is -2.10. The van der Waals surface area contributed by atoms with Gasteiger partial charge >= 0.3 is 0 Å². The molecule has 22 heavy (non-hydrogen) atoms. The first-order chi connectivity index (χ1) is 10.8. The van der Waals surface area contributed by atoms with Crippen LogP contribution in [-0.4, -0.2) is 19.1 Å². The number of fused-ring (bicyclic) bond motifs is 1. The summed E-state index contributed by atoms with van der Waals surface area (Å²) in [5.41, 5.74) is 10.2. The van der Waals surface area contributed by atoms with Crippen molar-refractivity contribution in [3.8, 4) is 11.1 Å². The van der Waals surface area contributed by atoms with Gasteiger partial charge in [-0.1, -0.05) is 42.5 Å². The minimum absolute atomic E-state index is 0.438. The largest absolute Gasteiger partial charge is 0.314 e. The fraction of sp³-hybridized carbons (Fsp3) is 0.263. The average molecular weight is 291 g/mol. The van der Waals surface area contributed by atoms with Crippen molar-refractivity contribution in [2.24, 2.45) is 0 Å². The van der Waals surface area contributed by atoms with Crippen molar-refractivity contribution in [1.29, 1.82) is 0 Å². The number of nitrogens with one attached hydrogen (secondary N) is 2. The van der Waals surface area contributed by atoms with Gasteiger partial charge in [-0.3, -0.25) is 5.01 Å². The maximum atomic E-state index is 3.61. The highest BCUT2D eigenvalue weighted by atomic mass is 15.5. The molecular weight excluding hydrogens is 270 g/mol. The summed E-state index contributed by atoms with van der Waals surface area (Å²) in [6, 6.07) is 17.6. The second-order valence-electron chi connectivity index (χ2n) is 6.03. The Morgan fingerprint density at radius 2 is 1.91 bits per heavy atom. The second kappa shape index (κ2) is 5.59. The van der Waals surface area contributed by atoms with Crippen molar-refractivity contribution in [3.63, 3.8) is 0 Å². The van der Waals surface area contributed by atoms with Crippen molar-refractivity contribution >= 4 is 5.69 Å². The number of hydrogen-bond donors (Lipinski definition) is 2. The smallest absolute Gasteiger partial charge is 0.0618 e. The minimum atomic E-state index is 0.438. The summed E-state index contributed by atoms with van der Waals surface area (Å²) in [5.74, 6) is 0. The molecule has 2 aromatic rings. The molecule has 0 aromatic heterocycles. The zero-order chi connectivity index (χ0) is 14.9. The third-order valence-corrected chi connectivity index (χ3v) is 4.63. The first-order valence-corrected chi connectivity index (χ1v) is 7.95. The van der Waals surface area contributed by atoms with Crippen LogP contribution in [0.1, 0.15) is 12.0 Å². The van der Waals surface area contributed by atoms with Crippen molar-refractivity contribution in [2.45, 2.75) is 19.4 Å². The van der Waals surface area contributed by atoms with E-state index in [2.05, 4.69) is 77.4 Å². The van der Waals surface area contributed by atoms with Crippen LogP contribution in [0.3, 0.4) is 0 Å². The monoisotopic (exact) mass is 291 g/mol. The topological polar surface area (TPSA) is 27.3 Å². The van der Waals surface area contributed by atoms with Crippen molar-refractivity contribution in [2.75, 3.05) is 18.1 Å². The Bertz CT molecular complexity index is 706. The molecule has 2 aliphatic rings. The highest BCUT2D eigenvalue weighted by Gasteiger charge is 2.27. The summed E-state index contributed by atoms with van der Waals surface area (Å²) in [7, 11) is 0. The quantitative estimate of drug-likeness (QED) is 0.889. The van der Waals surface area contributed by atoms with Crippen LogP contribution in [-0.2, 0) is 0 Å². The van der Waals surface area contributed by atoms with Crippen molar-refractivity contribution < 1.29 is 0 Å². The number of hydrogen-bond acceptors (Lipinski definition) is 3. The Labute approximate surface area is 131 Å². The van der Waals surface area contributed by atoms with E-state index in [0.29, 0.717) is 6.04 Å². The van der Waals surface area contributed by atoms with Crippen LogP contribution in [0.25, 0.3) is 11.1 Å². The van der Waals surface area contributed by atoms with E-state index in [0.717, 1.165) is 19.5 Å². The number of rotatable bonds is 2. The molecule has 3 nitrogen and oxygen atoms in total. The average Bonchev–Trinajstić information content (AvgIpc) is 2.99. The summed E-state index contributed by atoms with van der Waals surface area (Å²) in [4.78, 5) is 0. The van der Waals surface area contributed by atoms with E-state index < -0.39 is 0 Å². The van der Waals surface area contributed by atoms with Gasteiger partial charge in [-0.05, 0) is 48.2 Å². The third kappa shape index (κ3) is 2.32. The summed E-state index contributed by atoms with van der Waals surface area (Å²) in [6.45, 7) is 4.30. The fourth-order valence-electron chi connectivity index (χ4n) is 3.39. The first-order valence-electron chi connectivity index (χ1n) is 7.95. The van der Waals surface area contributed by atoms with Gasteiger partial charge in [-0.15, -0.1) is 0 Å². The number of anilines is 1. The van der Waals surface area contributed by atoms with Crippen LogP contribution in [0.4, 0.5) is 5.69 Å². The standard InChI is InChI=1S/C19H21N3/c1-14-17(15-6-3-2-4-7-15)8-5-9-19(14)22-13-16-10-11-20-12-18(16)21-22/h2-9,13,18,20-21H,10-12H2,1H3. The summed E-state index contributed by atoms with van der Waals surface area (Å²) >= 11 is 0. The predicted octanol–water partition coefficient (Wildman–Crippen LogP) is 3.23. The summed E-state index contributed by atoms with van der Waals surface area (Å²) in [6.07, 6.45) is 3.41. The second-order valence-corrected chi connectivity index (χ2v) is 6.03. The first kappa shape index (κ1) is 13.6. The molecule has 0 aliphatic carbocycles. The van der Waals surface area contributed by atoms with Gasteiger partial charge in [-0.25, -0.2) is 5.43 Å². The highest BCUT2D eigenvalue weighted by Crippen LogP contribution is 2.32. The van der Waals surface area contributed by atoms with Gasteiger partial charge in [0.05, 0.1) is 11.7 Å². The van der Waals surface area contributed by atoms with E-state index in [-0.39, 0.29) is 0 Å². The molecule has 2 N–H and O–H groups in total. The number of nitrogens with zero attached hydrogens (tertiary/aromatic N) is 1. The molecule has 2 heterocycles. The number of hydrazine groups is 1. The molecule has 0 bridgehead atoms. The van der Waals surface area contributed by atoms with E-state index in [4.69, 9.17) is 0 Å². The minimum Gasteiger partial charge on any atom is -0.314 e. The lowest BCUT2D eigenvalue weighted by Crippen LogP contribution is -2.45. The normalized spacial score (nSPS) is 20.7. The molecule has 4 rings (SSSR count). The molecule has 0 spiro atoms. The number of piperidine rings is 1. The van der Waals surface area contributed by atoms with E-state index in [1.165, 1.54) is 28.0 Å². The molecule has 112 valence electrons. The number of benzene rings is 2. The molecule has 1 atom stereocenters. The molecule has 0 saturated carbocycles. The molecule has 2 aliphatic heterocycles. The van der Waals surface area contributed by atoms with Crippen LogP contribution in [0.5, 0.6) is 0 Å². The van der Waals surface area contributed by atoms with E-state index in [1.54, 1.807) is 0 Å². The van der Waals surface area contributed by atoms with Crippen molar-refractivity contribution in [1.82, 2.24) is 10.7 Å². The maximum absolute atomic E-state index is 3.61. The van der Waals surface area contributed by atoms with Crippen LogP contribution in [0, 0.1) is 6.92 Å². The molecule has 3 heteroatoms. The van der Waals surface area contributed by atoms with E-state index in [1.807, 2.05) is 0 Å². The molecule has 0 radical (unpaired) electrons.